The first kappa shape index (κ1) is 28.8. The van der Waals surface area contributed by atoms with E-state index in [1.54, 1.807) is 0 Å². The molecule has 0 aromatic carbocycles. The number of carboxylic acids is 2. The molecule has 0 aliphatic heterocycles. The van der Waals surface area contributed by atoms with Gasteiger partial charge < -0.3 is 10.2 Å². The summed E-state index contributed by atoms with van der Waals surface area (Å²) in [5, 5.41) is 18.0. The molecule has 2 atom stereocenters. The van der Waals surface area contributed by atoms with Crippen molar-refractivity contribution >= 4 is 11.9 Å². The quantitative estimate of drug-likeness (QED) is 0.259. The summed E-state index contributed by atoms with van der Waals surface area (Å²) in [7, 11) is 0. The van der Waals surface area contributed by atoms with Gasteiger partial charge in [0.05, 0.1) is 23.4 Å². The van der Waals surface area contributed by atoms with E-state index in [1.807, 2.05) is 41.5 Å². The fraction of sp³-hybridized carbons (Fsp3) is 0.864. The third kappa shape index (κ3) is 15.6. The van der Waals surface area contributed by atoms with Crippen molar-refractivity contribution in [3.63, 3.8) is 0 Å². The Hall–Kier alpha value is -1.22. The summed E-state index contributed by atoms with van der Waals surface area (Å²) in [4.78, 5) is 44.6. The van der Waals surface area contributed by atoms with Crippen molar-refractivity contribution in [2.24, 2.45) is 5.92 Å². The van der Waals surface area contributed by atoms with Crippen molar-refractivity contribution < 1.29 is 39.4 Å². The average molecular weight is 434 g/mol. The smallest absolute Gasteiger partial charge is 0.303 e. The first-order valence-electron chi connectivity index (χ1n) is 10.7. The topological polar surface area (TPSA) is 112 Å². The maximum atomic E-state index is 11.0. The molecule has 0 fully saturated rings. The molecule has 0 saturated carbocycles. The van der Waals surface area contributed by atoms with Crippen molar-refractivity contribution in [3.8, 4) is 0 Å². The maximum absolute atomic E-state index is 11.0. The standard InChI is InChI=1S/C22H41O8/c1-8-11-16(17(12-9-14-19(23)24)27-29-21(2,3)4)18(13-10-15-20(25)26)28-30-22(5,6)7/h16-18H,1,8-15H2,2-7H3,(H,23,24)(H,25,26). The van der Waals surface area contributed by atoms with Crippen LogP contribution in [0.5, 0.6) is 0 Å². The third-order valence-corrected chi connectivity index (χ3v) is 4.09. The Kier molecular flexibility index (Phi) is 13.4. The van der Waals surface area contributed by atoms with Gasteiger partial charge >= 0.3 is 11.9 Å². The van der Waals surface area contributed by atoms with Gasteiger partial charge in [-0.15, -0.1) is 0 Å². The van der Waals surface area contributed by atoms with Crippen LogP contribution in [-0.2, 0) is 29.1 Å². The SMILES string of the molecule is [CH2]CCC(C(CCCC(=O)O)OOC(C)(C)C)C(CCCC(=O)O)OOC(C)(C)C. The van der Waals surface area contributed by atoms with E-state index in [2.05, 4.69) is 6.92 Å². The van der Waals surface area contributed by atoms with Crippen molar-refractivity contribution in [2.75, 3.05) is 0 Å². The number of aliphatic carboxylic acids is 2. The van der Waals surface area contributed by atoms with Gasteiger partial charge in [-0.3, -0.25) is 9.59 Å². The van der Waals surface area contributed by atoms with Crippen LogP contribution in [0.2, 0.25) is 0 Å². The lowest BCUT2D eigenvalue weighted by Crippen LogP contribution is -2.39. The van der Waals surface area contributed by atoms with Crippen LogP contribution < -0.4 is 0 Å². The number of carboxylic acid groups (broad SMARTS) is 2. The number of carbonyl (C=O) groups is 2. The van der Waals surface area contributed by atoms with E-state index < -0.39 is 35.3 Å². The second-order valence-corrected chi connectivity index (χ2v) is 9.54. The van der Waals surface area contributed by atoms with E-state index in [1.165, 1.54) is 0 Å². The third-order valence-electron chi connectivity index (χ3n) is 4.09. The van der Waals surface area contributed by atoms with Gasteiger partial charge in [-0.25, -0.2) is 19.6 Å². The van der Waals surface area contributed by atoms with Gasteiger partial charge in [-0.05, 0) is 73.6 Å². The second kappa shape index (κ2) is 14.0. The molecule has 0 aliphatic rings. The van der Waals surface area contributed by atoms with Crippen LogP contribution in [0.25, 0.3) is 0 Å². The Labute approximate surface area is 181 Å². The highest BCUT2D eigenvalue weighted by molar-refractivity contribution is 5.66. The normalized spacial score (nSPS) is 15.6. The number of rotatable bonds is 16. The summed E-state index contributed by atoms with van der Waals surface area (Å²) < 4.78 is 0. The van der Waals surface area contributed by atoms with E-state index in [4.69, 9.17) is 29.8 Å². The molecule has 2 unspecified atom stereocenters. The lowest BCUT2D eigenvalue weighted by molar-refractivity contribution is -0.410. The predicted molar refractivity (Wildman–Crippen MR) is 112 cm³/mol. The molecule has 1 radical (unpaired) electrons. The van der Waals surface area contributed by atoms with Crippen LogP contribution in [-0.4, -0.2) is 45.6 Å². The Bertz CT molecular complexity index is 450. The van der Waals surface area contributed by atoms with Crippen molar-refractivity contribution in [2.45, 2.75) is 116 Å². The van der Waals surface area contributed by atoms with Gasteiger partial charge in [-0.1, -0.05) is 13.3 Å². The highest BCUT2D eigenvalue weighted by atomic mass is 17.2. The predicted octanol–water partition coefficient (Wildman–Crippen LogP) is 4.96. The van der Waals surface area contributed by atoms with Crippen molar-refractivity contribution in [1.29, 1.82) is 0 Å². The Morgan fingerprint density at radius 1 is 0.767 bits per heavy atom. The zero-order chi connectivity index (χ0) is 23.4. The highest BCUT2D eigenvalue weighted by Gasteiger charge is 2.34. The number of hydrogen-bond donors (Lipinski definition) is 2. The molecule has 0 spiro atoms. The van der Waals surface area contributed by atoms with E-state index in [0.717, 1.165) is 0 Å². The summed E-state index contributed by atoms with van der Waals surface area (Å²) in [6.45, 7) is 15.1. The largest absolute Gasteiger partial charge is 0.481 e. The Morgan fingerprint density at radius 3 is 1.40 bits per heavy atom. The molecule has 0 aromatic rings. The van der Waals surface area contributed by atoms with Gasteiger partial charge in [0, 0.05) is 18.8 Å². The maximum Gasteiger partial charge on any atom is 0.303 e. The summed E-state index contributed by atoms with van der Waals surface area (Å²) in [6.07, 6.45) is 2.16. The van der Waals surface area contributed by atoms with E-state index in [-0.39, 0.29) is 18.8 Å². The molecular weight excluding hydrogens is 392 g/mol. The van der Waals surface area contributed by atoms with Gasteiger partial charge in [0.2, 0.25) is 0 Å². The van der Waals surface area contributed by atoms with Crippen molar-refractivity contribution in [3.05, 3.63) is 6.92 Å². The summed E-state index contributed by atoms with van der Waals surface area (Å²) in [6, 6.07) is 0. The average Bonchev–Trinajstić information content (AvgIpc) is 2.57. The van der Waals surface area contributed by atoms with Crippen LogP contribution in [0.4, 0.5) is 0 Å². The Morgan fingerprint density at radius 2 is 1.13 bits per heavy atom. The molecule has 0 saturated heterocycles. The summed E-state index contributed by atoms with van der Waals surface area (Å²) >= 11 is 0. The van der Waals surface area contributed by atoms with E-state index in [9.17, 15) is 9.59 Å². The Balaban J connectivity index is 5.51. The molecule has 0 heterocycles. The molecule has 0 amide bonds. The summed E-state index contributed by atoms with van der Waals surface area (Å²) in [5.41, 5.74) is -1.08. The molecule has 8 heteroatoms. The molecule has 0 bridgehead atoms. The van der Waals surface area contributed by atoms with E-state index >= 15 is 0 Å². The summed E-state index contributed by atoms with van der Waals surface area (Å²) in [5.74, 6) is -1.94. The number of hydrogen-bond acceptors (Lipinski definition) is 6. The van der Waals surface area contributed by atoms with E-state index in [0.29, 0.717) is 38.5 Å². The van der Waals surface area contributed by atoms with Crippen LogP contribution in [0.15, 0.2) is 0 Å². The van der Waals surface area contributed by atoms with Gasteiger partial charge in [0.15, 0.2) is 0 Å². The molecular formula is C22H41O8. The van der Waals surface area contributed by atoms with Gasteiger partial charge in [0.25, 0.3) is 0 Å². The fourth-order valence-electron chi connectivity index (χ4n) is 2.84. The first-order valence-corrected chi connectivity index (χ1v) is 10.7. The molecule has 2 N–H and O–H groups in total. The molecule has 30 heavy (non-hydrogen) atoms. The molecule has 0 aliphatic carbocycles. The minimum absolute atomic E-state index is 0.0233. The lowest BCUT2D eigenvalue weighted by atomic mass is 9.86. The monoisotopic (exact) mass is 433 g/mol. The second-order valence-electron chi connectivity index (χ2n) is 9.54. The molecule has 8 nitrogen and oxygen atoms in total. The van der Waals surface area contributed by atoms with Gasteiger partial charge in [-0.2, -0.15) is 0 Å². The van der Waals surface area contributed by atoms with Crippen LogP contribution in [0.3, 0.4) is 0 Å². The minimum atomic E-state index is -0.871. The highest BCUT2D eigenvalue weighted by Crippen LogP contribution is 2.30. The minimum Gasteiger partial charge on any atom is -0.481 e. The van der Waals surface area contributed by atoms with Crippen molar-refractivity contribution in [1.82, 2.24) is 0 Å². The van der Waals surface area contributed by atoms with Crippen LogP contribution >= 0.6 is 0 Å². The fourth-order valence-corrected chi connectivity index (χ4v) is 2.84. The molecule has 177 valence electrons. The lowest BCUT2D eigenvalue weighted by Gasteiger charge is -2.35. The van der Waals surface area contributed by atoms with Crippen LogP contribution in [0, 0.1) is 12.8 Å². The first-order chi connectivity index (χ1) is 13.7. The molecule has 0 rings (SSSR count). The van der Waals surface area contributed by atoms with Crippen LogP contribution in [0.1, 0.15) is 92.9 Å². The zero-order valence-electron chi connectivity index (χ0n) is 19.4. The van der Waals surface area contributed by atoms with Gasteiger partial charge in [0.1, 0.15) is 0 Å². The molecule has 0 aromatic heterocycles. The zero-order valence-corrected chi connectivity index (χ0v) is 19.4.